The van der Waals surface area contributed by atoms with Crippen LogP contribution >= 0.6 is 0 Å². The van der Waals surface area contributed by atoms with E-state index in [-0.39, 0.29) is 121 Å². The fraction of sp³-hybridized carbons (Fsp3) is 0.797. The van der Waals surface area contributed by atoms with Crippen LogP contribution in [0.2, 0.25) is 0 Å². The molecule has 3 fully saturated rings. The van der Waals surface area contributed by atoms with E-state index in [9.17, 15) is 38.4 Å². The average Bonchev–Trinajstić information content (AvgIpc) is 3.27. The quantitative estimate of drug-likeness (QED) is 0.0341. The number of hydrogen-bond acceptors (Lipinski definition) is 16. The van der Waals surface area contributed by atoms with Crippen molar-refractivity contribution in [2.75, 3.05) is 39.5 Å². The number of nitrogens with one attached hydrogen (secondary N) is 5. The van der Waals surface area contributed by atoms with E-state index in [0.717, 1.165) is 31.4 Å². The highest BCUT2D eigenvalue weighted by Crippen LogP contribution is 2.49. The van der Waals surface area contributed by atoms with E-state index in [2.05, 4.69) is 88.2 Å². The number of hydrogen-bond donors (Lipinski definition) is 5. The molecule has 3 rings (SSSR count). The summed E-state index contributed by atoms with van der Waals surface area (Å²) in [6, 6.07) is -0.762. The molecular weight excluding hydrogens is 1030 g/mol. The molecule has 0 bridgehead atoms. The van der Waals surface area contributed by atoms with E-state index in [0.29, 0.717) is 44.9 Å². The molecule has 21 heteroatoms. The second-order valence-electron chi connectivity index (χ2n) is 25.2. The van der Waals surface area contributed by atoms with Gasteiger partial charge in [-0.3, -0.25) is 4.79 Å². The Morgan fingerprint density at radius 1 is 0.438 bits per heavy atom. The van der Waals surface area contributed by atoms with E-state index in [1.54, 1.807) is 27.7 Å². The van der Waals surface area contributed by atoms with Crippen molar-refractivity contribution in [3.8, 4) is 0 Å². The van der Waals surface area contributed by atoms with E-state index < -0.39 is 78.2 Å². The Labute approximate surface area is 479 Å². The average molecular weight is 1140 g/mol. The van der Waals surface area contributed by atoms with Crippen LogP contribution in [0.3, 0.4) is 0 Å². The lowest BCUT2D eigenvalue weighted by molar-refractivity contribution is -0.156. The monoisotopic (exact) mass is 1140 g/mol. The molecular formula is C59H107N5O16. The highest BCUT2D eigenvalue weighted by molar-refractivity contribution is 5.81. The predicted octanol–water partition coefficient (Wildman–Crippen LogP) is 11.3. The molecule has 3 aliphatic rings. The number of ether oxygens (including phenoxy) is 8. The predicted molar refractivity (Wildman–Crippen MR) is 309 cm³/mol. The van der Waals surface area contributed by atoms with Gasteiger partial charge in [-0.1, -0.05) is 105 Å². The lowest BCUT2D eigenvalue weighted by Gasteiger charge is -2.47. The largest absolute Gasteiger partial charge is 0.459 e. The first-order valence-corrected chi connectivity index (χ1v) is 26.6. The second-order valence-corrected chi connectivity index (χ2v) is 25.2. The molecule has 21 nitrogen and oxygen atoms in total. The van der Waals surface area contributed by atoms with Gasteiger partial charge in [-0.25, -0.2) is 33.6 Å². The van der Waals surface area contributed by atoms with Gasteiger partial charge >= 0.3 is 48.4 Å². The molecule has 80 heavy (non-hydrogen) atoms. The third-order valence-electron chi connectivity index (χ3n) is 14.0. The van der Waals surface area contributed by atoms with Crippen LogP contribution in [0.1, 0.15) is 190 Å². The maximum Gasteiger partial charge on any atom is 0.407 e. The van der Waals surface area contributed by atoms with E-state index in [1.807, 2.05) is 13.8 Å². The van der Waals surface area contributed by atoms with Crippen LogP contribution in [0.25, 0.3) is 0 Å². The molecule has 0 saturated heterocycles. The lowest BCUT2D eigenvalue weighted by atomic mass is 9.61. The van der Waals surface area contributed by atoms with Crippen molar-refractivity contribution in [1.82, 2.24) is 26.6 Å². The van der Waals surface area contributed by atoms with Crippen LogP contribution in [-0.4, -0.2) is 130 Å². The van der Waals surface area contributed by atoms with Gasteiger partial charge in [-0.15, -0.1) is 0 Å². The Balaban J connectivity index is 0. The zero-order valence-electron chi connectivity index (χ0n) is 47.7. The molecule has 0 spiro atoms. The summed E-state index contributed by atoms with van der Waals surface area (Å²) in [5.74, 6) is -1.60. The van der Waals surface area contributed by atoms with E-state index in [1.165, 1.54) is 0 Å². The molecule has 0 radical (unpaired) electrons. The fourth-order valence-electron chi connectivity index (χ4n) is 12.2. The van der Waals surface area contributed by atoms with E-state index in [4.69, 9.17) is 37.9 Å². The minimum Gasteiger partial charge on any atom is -0.459 e. The first-order valence-electron chi connectivity index (χ1n) is 26.6. The molecule has 0 aliphatic heterocycles. The second kappa shape index (κ2) is 33.2. The number of carbonyl (C=O) groups excluding carboxylic acids is 8. The SMILES string of the molecule is C.C.C.C.C=CC(=O)OCC(C)OC(=O)CCC1(C)CC(NC(=O)OCC(C)OC(=O)NC2CC(C)(C)CC(C)(CNC(=O)OCC(C)OC(=O)NC3CC(C)(C)CC(C)(CNC(=O)OC(C)COC(=O)C=C)C3)C2)CC(C)(C)C1. The van der Waals surface area contributed by atoms with Crippen molar-refractivity contribution in [2.24, 2.45) is 32.5 Å². The molecule has 0 aromatic rings. The summed E-state index contributed by atoms with van der Waals surface area (Å²) in [5, 5.41) is 14.6. The van der Waals surface area contributed by atoms with Crippen LogP contribution in [0.5, 0.6) is 0 Å². The smallest absolute Gasteiger partial charge is 0.407 e. The third-order valence-corrected chi connectivity index (χ3v) is 14.0. The third kappa shape index (κ3) is 29.1. The standard InChI is InChI=1S/C55H91N5O16.4CH4/c1-16-42(61)69-26-35(3)73-44(63)18-19-53(13)23-39(20-50(7,8)30-53)58-47(66)72-29-38(6)76-49(68)59-40-21-51(9,10)31-54(14,24-40)33-56-45(64)71-28-37(5)75-48(67)60-41-22-52(11,12)32-55(15,25-41)34-57-46(65)74-36(4)27-70-43(62)17-2;;;;/h16-17,35-41H,1-2,18-34H2,3-15H3,(H,56,64)(H,57,65)(H,58,66)(H,59,68)(H,60,67);4*1H4. The van der Waals surface area contributed by atoms with Gasteiger partial charge in [-0.05, 0) is 124 Å². The molecule has 5 amide bonds. The molecule has 0 heterocycles. The molecule has 10 unspecified atom stereocenters. The minimum atomic E-state index is -0.763. The van der Waals surface area contributed by atoms with Crippen LogP contribution in [0, 0.1) is 32.5 Å². The lowest BCUT2D eigenvalue weighted by Crippen LogP contribution is -2.51. The Morgan fingerprint density at radius 2 is 0.750 bits per heavy atom. The van der Waals surface area contributed by atoms with Gasteiger partial charge in [0.15, 0.2) is 0 Å². The van der Waals surface area contributed by atoms with E-state index >= 15 is 0 Å². The van der Waals surface area contributed by atoms with Gasteiger partial charge < -0.3 is 64.5 Å². The number of rotatable bonds is 24. The summed E-state index contributed by atoms with van der Waals surface area (Å²) in [7, 11) is 0. The summed E-state index contributed by atoms with van der Waals surface area (Å²) in [4.78, 5) is 100. The van der Waals surface area contributed by atoms with Gasteiger partial charge in [0.2, 0.25) is 0 Å². The van der Waals surface area contributed by atoms with Crippen LogP contribution in [-0.2, 0) is 52.3 Å². The van der Waals surface area contributed by atoms with Gasteiger partial charge in [0.25, 0.3) is 0 Å². The van der Waals surface area contributed by atoms with Crippen molar-refractivity contribution < 1.29 is 76.3 Å². The number of esters is 3. The first kappa shape index (κ1) is 76.3. The van der Waals surface area contributed by atoms with Crippen molar-refractivity contribution in [3.63, 3.8) is 0 Å². The van der Waals surface area contributed by atoms with Gasteiger partial charge in [0.05, 0.1) is 0 Å². The molecule has 0 aromatic carbocycles. The molecule has 0 aromatic heterocycles. The summed E-state index contributed by atoms with van der Waals surface area (Å²) in [6.07, 6.45) is 2.83. The molecule has 3 aliphatic carbocycles. The molecule has 10 atom stereocenters. The van der Waals surface area contributed by atoms with Crippen molar-refractivity contribution in [2.45, 2.75) is 233 Å². The van der Waals surface area contributed by atoms with Gasteiger partial charge in [0, 0.05) is 49.8 Å². The fourth-order valence-corrected chi connectivity index (χ4v) is 12.2. The van der Waals surface area contributed by atoms with Crippen molar-refractivity contribution >= 4 is 48.4 Å². The van der Waals surface area contributed by atoms with Crippen molar-refractivity contribution in [3.05, 3.63) is 25.3 Å². The highest BCUT2D eigenvalue weighted by atomic mass is 16.6. The van der Waals surface area contributed by atoms with Crippen LogP contribution < -0.4 is 26.6 Å². The zero-order valence-corrected chi connectivity index (χ0v) is 47.7. The summed E-state index contributed by atoms with van der Waals surface area (Å²) >= 11 is 0. The normalized spacial score (nSPS) is 25.5. The number of carbonyl (C=O) groups is 8. The number of amides is 5. The molecule has 464 valence electrons. The number of alkyl carbamates (subject to hydrolysis) is 5. The topological polar surface area (TPSA) is 271 Å². The first-order chi connectivity index (χ1) is 35.1. The maximum atomic E-state index is 13.2. The highest BCUT2D eigenvalue weighted by Gasteiger charge is 2.45. The van der Waals surface area contributed by atoms with Crippen LogP contribution in [0.4, 0.5) is 24.0 Å². The summed E-state index contributed by atoms with van der Waals surface area (Å²) in [6.45, 7) is 32.0. The van der Waals surface area contributed by atoms with Crippen LogP contribution in [0.15, 0.2) is 25.3 Å². The Morgan fingerprint density at radius 3 is 1.15 bits per heavy atom. The minimum absolute atomic E-state index is 0. The maximum absolute atomic E-state index is 13.2. The van der Waals surface area contributed by atoms with Gasteiger partial charge in [-0.2, -0.15) is 0 Å². The Bertz CT molecular complexity index is 2050. The molecule has 3 saturated carbocycles. The summed E-state index contributed by atoms with van der Waals surface area (Å²) < 4.78 is 42.7. The Hall–Kier alpha value is -5.76. The summed E-state index contributed by atoms with van der Waals surface area (Å²) in [5.41, 5.74) is -1.61. The zero-order chi connectivity index (χ0) is 57.3. The Kier molecular flexibility index (Phi) is 31.7. The molecule has 5 N–H and O–H groups in total. The van der Waals surface area contributed by atoms with Gasteiger partial charge in [0.1, 0.15) is 50.8 Å². The van der Waals surface area contributed by atoms with Crippen molar-refractivity contribution in [1.29, 1.82) is 0 Å².